The number of carbonyl (C=O) groups excluding carboxylic acids is 1. The maximum absolute atomic E-state index is 13.4. The van der Waals surface area contributed by atoms with E-state index in [2.05, 4.69) is 9.97 Å². The van der Waals surface area contributed by atoms with E-state index >= 15 is 0 Å². The topological polar surface area (TPSA) is 140 Å². The number of carboxylic acid groups (broad SMARTS) is 1. The van der Waals surface area contributed by atoms with Crippen LogP contribution in [0.3, 0.4) is 0 Å². The number of aliphatic hydroxyl groups is 1. The highest BCUT2D eigenvalue weighted by Gasteiger charge is 2.32. The summed E-state index contributed by atoms with van der Waals surface area (Å²) in [6, 6.07) is 12.6. The standard InChI is InChI=1S/C26H20N2O6/c1-13(12-29)9-14-5-4-7-16-18(11-28-21(14)16)22(30)25-23(31)20(24(34-25)26(32)33)17-10-27-19-8-3-2-6-15(17)19/h2-11,27-29,31H,12H2,1H3,(H,32,33)/b13-9+. The van der Waals surface area contributed by atoms with Crippen molar-refractivity contribution in [3.63, 3.8) is 0 Å². The number of aromatic nitrogens is 2. The molecule has 0 unspecified atom stereocenters. The van der Waals surface area contributed by atoms with Crippen LogP contribution < -0.4 is 0 Å². The van der Waals surface area contributed by atoms with E-state index in [9.17, 15) is 24.9 Å². The molecule has 0 saturated carbocycles. The van der Waals surface area contributed by atoms with Gasteiger partial charge in [-0.3, -0.25) is 4.79 Å². The first-order valence-corrected chi connectivity index (χ1v) is 10.5. The minimum atomic E-state index is -1.40. The second kappa shape index (κ2) is 8.09. The van der Waals surface area contributed by atoms with Gasteiger partial charge in [0.15, 0.2) is 5.75 Å². The molecule has 0 saturated heterocycles. The summed E-state index contributed by atoms with van der Waals surface area (Å²) in [5.74, 6) is -3.56. The Labute approximate surface area is 192 Å². The van der Waals surface area contributed by atoms with Crippen molar-refractivity contribution < 1.29 is 29.3 Å². The number of hydrogen-bond donors (Lipinski definition) is 5. The Morgan fingerprint density at radius 3 is 2.53 bits per heavy atom. The molecule has 0 aliphatic rings. The molecule has 170 valence electrons. The van der Waals surface area contributed by atoms with Crippen LogP contribution in [0.1, 0.15) is 39.2 Å². The lowest BCUT2D eigenvalue weighted by molar-refractivity contribution is 0.0661. The number of ketones is 1. The number of carboxylic acids is 1. The predicted molar refractivity (Wildman–Crippen MR) is 127 cm³/mol. The van der Waals surface area contributed by atoms with Crippen LogP contribution in [0.5, 0.6) is 5.75 Å². The van der Waals surface area contributed by atoms with E-state index in [0.717, 1.165) is 16.7 Å². The van der Waals surface area contributed by atoms with Gasteiger partial charge in [-0.05, 0) is 24.1 Å². The molecule has 0 atom stereocenters. The Morgan fingerprint density at radius 2 is 1.76 bits per heavy atom. The zero-order chi connectivity index (χ0) is 24.0. The summed E-state index contributed by atoms with van der Waals surface area (Å²) in [6.45, 7) is 1.69. The summed E-state index contributed by atoms with van der Waals surface area (Å²) in [7, 11) is 0. The van der Waals surface area contributed by atoms with Crippen LogP contribution in [0.2, 0.25) is 0 Å². The number of aliphatic hydroxyl groups excluding tert-OH is 1. The van der Waals surface area contributed by atoms with Gasteiger partial charge in [0, 0.05) is 34.2 Å². The van der Waals surface area contributed by atoms with Gasteiger partial charge in [0.2, 0.25) is 17.3 Å². The molecule has 34 heavy (non-hydrogen) atoms. The van der Waals surface area contributed by atoms with Crippen LogP contribution in [0.15, 0.2) is 64.8 Å². The molecule has 5 N–H and O–H groups in total. The summed E-state index contributed by atoms with van der Waals surface area (Å²) in [5, 5.41) is 31.3. The molecule has 0 aliphatic heterocycles. The van der Waals surface area contributed by atoms with Gasteiger partial charge >= 0.3 is 5.97 Å². The monoisotopic (exact) mass is 456 g/mol. The number of fused-ring (bicyclic) bond motifs is 2. The lowest BCUT2D eigenvalue weighted by Gasteiger charge is -2.01. The van der Waals surface area contributed by atoms with E-state index in [1.165, 1.54) is 6.20 Å². The summed E-state index contributed by atoms with van der Waals surface area (Å²) in [6.07, 6.45) is 4.87. The summed E-state index contributed by atoms with van der Waals surface area (Å²) >= 11 is 0. The van der Waals surface area contributed by atoms with E-state index in [1.807, 2.05) is 18.2 Å². The number of hydrogen-bond acceptors (Lipinski definition) is 5. The second-order valence-corrected chi connectivity index (χ2v) is 7.99. The van der Waals surface area contributed by atoms with Gasteiger partial charge in [0.1, 0.15) is 0 Å². The normalized spacial score (nSPS) is 12.0. The minimum Gasteiger partial charge on any atom is -0.504 e. The highest BCUT2D eigenvalue weighted by Crippen LogP contribution is 2.42. The van der Waals surface area contributed by atoms with Gasteiger partial charge in [-0.15, -0.1) is 0 Å². The first-order chi connectivity index (χ1) is 16.4. The van der Waals surface area contributed by atoms with Crippen molar-refractivity contribution >= 4 is 39.6 Å². The molecule has 0 amide bonds. The van der Waals surface area contributed by atoms with Gasteiger partial charge in [0.25, 0.3) is 0 Å². The van der Waals surface area contributed by atoms with Gasteiger partial charge in [-0.25, -0.2) is 4.79 Å². The van der Waals surface area contributed by atoms with E-state index < -0.39 is 29.0 Å². The number of H-pyrrole nitrogens is 2. The van der Waals surface area contributed by atoms with Crippen LogP contribution in [-0.2, 0) is 0 Å². The number of aromatic hydroxyl groups is 1. The number of rotatable bonds is 6. The molecule has 2 aromatic carbocycles. The molecule has 0 bridgehead atoms. The van der Waals surface area contributed by atoms with E-state index in [0.29, 0.717) is 21.9 Å². The van der Waals surface area contributed by atoms with Crippen LogP contribution in [-0.4, -0.2) is 43.6 Å². The van der Waals surface area contributed by atoms with E-state index in [-0.39, 0.29) is 17.7 Å². The molecule has 8 heteroatoms. The fraction of sp³-hybridized carbons (Fsp3) is 0.0769. The maximum atomic E-state index is 13.4. The quantitative estimate of drug-likeness (QED) is 0.229. The van der Waals surface area contributed by atoms with Crippen molar-refractivity contribution in [2.75, 3.05) is 6.61 Å². The largest absolute Gasteiger partial charge is 0.504 e. The molecular weight excluding hydrogens is 436 g/mol. The summed E-state index contributed by atoms with van der Waals surface area (Å²) in [5.41, 5.74) is 3.51. The zero-order valence-electron chi connectivity index (χ0n) is 18.0. The molecule has 3 heterocycles. The number of aromatic carboxylic acids is 1. The van der Waals surface area contributed by atoms with Crippen molar-refractivity contribution in [1.82, 2.24) is 9.97 Å². The smallest absolute Gasteiger partial charge is 0.372 e. The van der Waals surface area contributed by atoms with Gasteiger partial charge in [0.05, 0.1) is 23.3 Å². The number of carbonyl (C=O) groups is 2. The number of aromatic amines is 2. The molecule has 0 aliphatic carbocycles. The molecule has 0 radical (unpaired) electrons. The lowest BCUT2D eigenvalue weighted by atomic mass is 10.0. The van der Waals surface area contributed by atoms with Crippen molar-refractivity contribution in [3.05, 3.63) is 83.1 Å². The Bertz CT molecular complexity index is 1620. The van der Waals surface area contributed by atoms with Crippen LogP contribution in [0.4, 0.5) is 0 Å². The lowest BCUT2D eigenvalue weighted by Crippen LogP contribution is -1.99. The fourth-order valence-corrected chi connectivity index (χ4v) is 4.17. The molecule has 5 aromatic rings. The predicted octanol–water partition coefficient (Wildman–Crippen LogP) is 4.94. The Balaban J connectivity index is 1.67. The van der Waals surface area contributed by atoms with Crippen LogP contribution >= 0.6 is 0 Å². The van der Waals surface area contributed by atoms with E-state index in [4.69, 9.17) is 4.42 Å². The summed E-state index contributed by atoms with van der Waals surface area (Å²) in [4.78, 5) is 31.5. The van der Waals surface area contributed by atoms with Gasteiger partial charge < -0.3 is 29.7 Å². The third-order valence-corrected chi connectivity index (χ3v) is 5.79. The highest BCUT2D eigenvalue weighted by atomic mass is 16.4. The third-order valence-electron chi connectivity index (χ3n) is 5.79. The van der Waals surface area contributed by atoms with Gasteiger partial charge in [-0.1, -0.05) is 42.5 Å². The van der Waals surface area contributed by atoms with Crippen molar-refractivity contribution in [2.45, 2.75) is 6.92 Å². The van der Waals surface area contributed by atoms with Crippen molar-refractivity contribution in [3.8, 4) is 16.9 Å². The first-order valence-electron chi connectivity index (χ1n) is 10.5. The second-order valence-electron chi connectivity index (χ2n) is 7.99. The van der Waals surface area contributed by atoms with Crippen LogP contribution in [0, 0.1) is 0 Å². The molecule has 0 spiro atoms. The van der Waals surface area contributed by atoms with E-state index in [1.54, 1.807) is 43.5 Å². The fourth-order valence-electron chi connectivity index (χ4n) is 4.17. The number of para-hydroxylation sites is 2. The SMILES string of the molecule is C/C(=C\c1cccc2c(C(=O)c3oc(C(=O)O)c(-c4c[nH]c5ccccc45)c3O)c[nH]c12)CO. The van der Waals surface area contributed by atoms with Crippen LogP contribution in [0.25, 0.3) is 39.0 Å². The average Bonchev–Trinajstić information content (AvgIpc) is 3.54. The Morgan fingerprint density at radius 1 is 1.00 bits per heavy atom. The number of furan rings is 1. The zero-order valence-corrected chi connectivity index (χ0v) is 18.0. The molecule has 8 nitrogen and oxygen atoms in total. The summed E-state index contributed by atoms with van der Waals surface area (Å²) < 4.78 is 5.45. The highest BCUT2D eigenvalue weighted by molar-refractivity contribution is 6.18. The molecule has 0 fully saturated rings. The minimum absolute atomic E-state index is 0.0599. The number of nitrogens with one attached hydrogen (secondary N) is 2. The molecule has 5 rings (SSSR count). The molecule has 3 aromatic heterocycles. The van der Waals surface area contributed by atoms with Crippen molar-refractivity contribution in [2.24, 2.45) is 0 Å². The molecular formula is C26H20N2O6. The maximum Gasteiger partial charge on any atom is 0.372 e. The number of benzene rings is 2. The van der Waals surface area contributed by atoms with Crippen molar-refractivity contribution in [1.29, 1.82) is 0 Å². The van der Waals surface area contributed by atoms with Gasteiger partial charge in [-0.2, -0.15) is 0 Å². The third kappa shape index (κ3) is 3.28. The first kappa shape index (κ1) is 21.3. The average molecular weight is 456 g/mol. The Kier molecular flexibility index (Phi) is 5.07. The Hall–Kier alpha value is -4.56.